The molecule has 0 N–H and O–H groups in total. The minimum absolute atomic E-state index is 0.0416. The van der Waals surface area contributed by atoms with Gasteiger partial charge < -0.3 is 14.2 Å². The molecule has 0 aliphatic carbocycles. The van der Waals surface area contributed by atoms with Crippen molar-refractivity contribution < 1.29 is 14.2 Å². The Labute approximate surface area is 117 Å². The molecule has 0 unspecified atom stereocenters. The van der Waals surface area contributed by atoms with Gasteiger partial charge in [0.05, 0.1) is 30.9 Å². The van der Waals surface area contributed by atoms with Crippen molar-refractivity contribution in [2.45, 2.75) is 0 Å². The number of rotatable bonds is 7. The molecule has 0 bridgehead atoms. The van der Waals surface area contributed by atoms with Crippen molar-refractivity contribution in [2.75, 3.05) is 33.5 Å². The lowest BCUT2D eigenvalue weighted by Gasteiger charge is -2.07. The van der Waals surface area contributed by atoms with Gasteiger partial charge in [0.25, 0.3) is 0 Å². The van der Waals surface area contributed by atoms with Gasteiger partial charge in [0.15, 0.2) is 0 Å². The molecule has 110 valence electrons. The fourth-order valence-corrected chi connectivity index (χ4v) is 2.04. The quantitative estimate of drug-likeness (QED) is 0.708. The van der Waals surface area contributed by atoms with E-state index in [0.717, 1.165) is 16.8 Å². The highest BCUT2D eigenvalue weighted by Gasteiger charge is 2.08. The van der Waals surface area contributed by atoms with Gasteiger partial charge in [-0.1, -0.05) is 0 Å². The Bertz CT molecular complexity index is 630. The molecule has 0 amide bonds. The lowest BCUT2D eigenvalue weighted by Crippen LogP contribution is -2.19. The second-order valence-corrected chi connectivity index (χ2v) is 4.50. The molecule has 0 aliphatic heterocycles. The predicted molar refractivity (Wildman–Crippen MR) is 76.4 cm³/mol. The number of methoxy groups -OCH3 is 1. The SMILES string of the molecule is COCCOCCOc1ccc2c(c1)n(C)c(=O)n2C. The third-order valence-electron chi connectivity index (χ3n) is 3.17. The first-order chi connectivity index (χ1) is 9.65. The van der Waals surface area contributed by atoms with Crippen LogP contribution in [0.1, 0.15) is 0 Å². The van der Waals surface area contributed by atoms with Gasteiger partial charge in [0.2, 0.25) is 0 Å². The zero-order valence-electron chi connectivity index (χ0n) is 12.1. The minimum atomic E-state index is -0.0416. The summed E-state index contributed by atoms with van der Waals surface area (Å²) in [6.07, 6.45) is 0. The van der Waals surface area contributed by atoms with Crippen molar-refractivity contribution in [2.24, 2.45) is 14.1 Å². The number of aryl methyl sites for hydroxylation is 2. The number of fused-ring (bicyclic) bond motifs is 1. The average Bonchev–Trinajstić information content (AvgIpc) is 2.67. The van der Waals surface area contributed by atoms with Gasteiger partial charge in [-0.15, -0.1) is 0 Å². The van der Waals surface area contributed by atoms with Crippen molar-refractivity contribution in [1.29, 1.82) is 0 Å². The molecule has 0 saturated carbocycles. The van der Waals surface area contributed by atoms with Gasteiger partial charge in [0, 0.05) is 27.3 Å². The summed E-state index contributed by atoms with van der Waals surface area (Å²) in [6.45, 7) is 2.12. The van der Waals surface area contributed by atoms with E-state index < -0.39 is 0 Å². The number of aromatic nitrogens is 2. The topological polar surface area (TPSA) is 54.6 Å². The number of hydrogen-bond acceptors (Lipinski definition) is 4. The number of hydrogen-bond donors (Lipinski definition) is 0. The van der Waals surface area contributed by atoms with E-state index in [-0.39, 0.29) is 5.69 Å². The Kier molecular flexibility index (Phi) is 4.81. The monoisotopic (exact) mass is 280 g/mol. The Morgan fingerprint density at radius 2 is 1.70 bits per heavy atom. The zero-order valence-corrected chi connectivity index (χ0v) is 12.1. The Hall–Kier alpha value is -1.79. The molecule has 0 fully saturated rings. The van der Waals surface area contributed by atoms with Crippen LogP contribution < -0.4 is 10.4 Å². The van der Waals surface area contributed by atoms with Crippen LogP contribution in [0.5, 0.6) is 5.75 Å². The van der Waals surface area contributed by atoms with Gasteiger partial charge in [-0.3, -0.25) is 9.13 Å². The van der Waals surface area contributed by atoms with Gasteiger partial charge in [-0.05, 0) is 12.1 Å². The smallest absolute Gasteiger partial charge is 0.328 e. The van der Waals surface area contributed by atoms with Crippen LogP contribution >= 0.6 is 0 Å². The van der Waals surface area contributed by atoms with Crippen LogP contribution in [0.4, 0.5) is 0 Å². The lowest BCUT2D eigenvalue weighted by molar-refractivity contribution is 0.0544. The standard InChI is InChI=1S/C14H20N2O4/c1-15-12-5-4-11(10-13(12)16(2)14(15)17)20-9-8-19-7-6-18-3/h4-5,10H,6-9H2,1-3H3. The highest BCUT2D eigenvalue weighted by molar-refractivity contribution is 5.77. The fraction of sp³-hybridized carbons (Fsp3) is 0.500. The summed E-state index contributed by atoms with van der Waals surface area (Å²) < 4.78 is 19.0. The molecular weight excluding hydrogens is 260 g/mol. The van der Waals surface area contributed by atoms with Gasteiger partial charge >= 0.3 is 5.69 Å². The van der Waals surface area contributed by atoms with Crippen molar-refractivity contribution in [3.05, 3.63) is 28.7 Å². The Morgan fingerprint density at radius 3 is 2.45 bits per heavy atom. The van der Waals surface area contributed by atoms with Gasteiger partial charge in [0.1, 0.15) is 12.4 Å². The summed E-state index contributed by atoms with van der Waals surface area (Å²) >= 11 is 0. The van der Waals surface area contributed by atoms with E-state index in [1.54, 1.807) is 30.3 Å². The average molecular weight is 280 g/mol. The first-order valence-electron chi connectivity index (χ1n) is 6.50. The maximum absolute atomic E-state index is 11.8. The number of imidazole rings is 1. The second-order valence-electron chi connectivity index (χ2n) is 4.50. The molecule has 1 aromatic heterocycles. The van der Waals surface area contributed by atoms with Crippen molar-refractivity contribution >= 4 is 11.0 Å². The third-order valence-corrected chi connectivity index (χ3v) is 3.17. The summed E-state index contributed by atoms with van der Waals surface area (Å²) in [7, 11) is 5.15. The van der Waals surface area contributed by atoms with Crippen LogP contribution in [-0.4, -0.2) is 42.7 Å². The molecule has 1 aromatic carbocycles. The van der Waals surface area contributed by atoms with E-state index in [4.69, 9.17) is 14.2 Å². The molecule has 6 nitrogen and oxygen atoms in total. The van der Waals surface area contributed by atoms with Crippen LogP contribution in [-0.2, 0) is 23.6 Å². The molecule has 0 atom stereocenters. The molecule has 0 spiro atoms. The lowest BCUT2D eigenvalue weighted by atomic mass is 10.3. The van der Waals surface area contributed by atoms with E-state index in [1.165, 1.54) is 0 Å². The summed E-state index contributed by atoms with van der Waals surface area (Å²) in [5.41, 5.74) is 1.71. The number of nitrogens with zero attached hydrogens (tertiary/aromatic N) is 2. The van der Waals surface area contributed by atoms with Crippen molar-refractivity contribution in [3.8, 4) is 5.75 Å². The molecule has 2 rings (SSSR count). The second kappa shape index (κ2) is 6.58. The van der Waals surface area contributed by atoms with Gasteiger partial charge in [-0.25, -0.2) is 4.79 Å². The van der Waals surface area contributed by atoms with E-state index in [1.807, 2.05) is 18.2 Å². The van der Waals surface area contributed by atoms with Crippen LogP contribution in [0.3, 0.4) is 0 Å². The number of ether oxygens (including phenoxy) is 3. The van der Waals surface area contributed by atoms with Gasteiger partial charge in [-0.2, -0.15) is 0 Å². The van der Waals surface area contributed by atoms with Crippen molar-refractivity contribution in [1.82, 2.24) is 9.13 Å². The van der Waals surface area contributed by atoms with E-state index in [2.05, 4.69) is 0 Å². The highest BCUT2D eigenvalue weighted by atomic mass is 16.5. The maximum Gasteiger partial charge on any atom is 0.328 e. The molecule has 0 aliphatic rings. The maximum atomic E-state index is 11.8. The highest BCUT2D eigenvalue weighted by Crippen LogP contribution is 2.19. The summed E-state index contributed by atoms with van der Waals surface area (Å²) in [5.74, 6) is 0.731. The van der Waals surface area contributed by atoms with Crippen molar-refractivity contribution in [3.63, 3.8) is 0 Å². The molecule has 1 heterocycles. The largest absolute Gasteiger partial charge is 0.491 e. The molecule has 6 heteroatoms. The first kappa shape index (κ1) is 14.6. The molecule has 0 radical (unpaired) electrons. The summed E-state index contributed by atoms with van der Waals surface area (Å²) in [6, 6.07) is 5.61. The summed E-state index contributed by atoms with van der Waals surface area (Å²) in [4.78, 5) is 11.8. The molecule has 2 aromatic rings. The minimum Gasteiger partial charge on any atom is -0.491 e. The van der Waals surface area contributed by atoms with Crippen LogP contribution in [0.25, 0.3) is 11.0 Å². The van der Waals surface area contributed by atoms with Crippen LogP contribution in [0, 0.1) is 0 Å². The molecule has 0 saturated heterocycles. The first-order valence-corrected chi connectivity index (χ1v) is 6.50. The fourth-order valence-electron chi connectivity index (χ4n) is 2.04. The summed E-state index contributed by atoms with van der Waals surface area (Å²) in [5, 5.41) is 0. The predicted octanol–water partition coefficient (Wildman–Crippen LogP) is 0.919. The van der Waals surface area contributed by atoms with Crippen LogP contribution in [0.15, 0.2) is 23.0 Å². The normalized spacial score (nSPS) is 11.2. The van der Waals surface area contributed by atoms with E-state index >= 15 is 0 Å². The molecule has 20 heavy (non-hydrogen) atoms. The van der Waals surface area contributed by atoms with Crippen LogP contribution in [0.2, 0.25) is 0 Å². The zero-order chi connectivity index (χ0) is 14.5. The Balaban J connectivity index is 1.98. The Morgan fingerprint density at radius 1 is 1.00 bits per heavy atom. The van der Waals surface area contributed by atoms with E-state index in [9.17, 15) is 4.79 Å². The number of benzene rings is 1. The van der Waals surface area contributed by atoms with E-state index in [0.29, 0.717) is 26.4 Å². The molecular formula is C14H20N2O4. The third kappa shape index (κ3) is 3.02.